The number of fused-ring (bicyclic) bond motifs is 1. The second kappa shape index (κ2) is 7.58. The highest BCUT2D eigenvalue weighted by Crippen LogP contribution is 2.26. The van der Waals surface area contributed by atoms with Crippen LogP contribution in [0.5, 0.6) is 0 Å². The molecule has 1 amide bonds. The van der Waals surface area contributed by atoms with Gasteiger partial charge in [0.2, 0.25) is 5.91 Å². The fourth-order valence-corrected chi connectivity index (χ4v) is 4.00. The molecule has 132 valence electrons. The van der Waals surface area contributed by atoms with Crippen molar-refractivity contribution in [2.24, 2.45) is 0 Å². The zero-order valence-corrected chi connectivity index (χ0v) is 15.7. The molecule has 0 atom stereocenters. The Labute approximate surface area is 161 Å². The summed E-state index contributed by atoms with van der Waals surface area (Å²) in [5, 5.41) is 6.17. The molecule has 26 heavy (non-hydrogen) atoms. The van der Waals surface area contributed by atoms with Crippen molar-refractivity contribution in [3.8, 4) is 11.3 Å². The summed E-state index contributed by atoms with van der Waals surface area (Å²) < 4.78 is 0. The van der Waals surface area contributed by atoms with Crippen LogP contribution in [-0.4, -0.2) is 28.9 Å². The Kier molecular flexibility index (Phi) is 5.02. The number of nitrogens with zero attached hydrogens (tertiary/aromatic N) is 2. The van der Waals surface area contributed by atoms with E-state index in [1.165, 1.54) is 22.5 Å². The number of anilines is 1. The molecule has 0 radical (unpaired) electrons. The van der Waals surface area contributed by atoms with Crippen molar-refractivity contribution in [3.05, 3.63) is 70.1 Å². The van der Waals surface area contributed by atoms with Crippen LogP contribution in [0.25, 0.3) is 11.3 Å². The zero-order valence-electron chi connectivity index (χ0n) is 14.1. The number of hydrogen-bond donors (Lipinski definition) is 1. The first-order chi connectivity index (χ1) is 12.7. The molecule has 4 rings (SSSR count). The van der Waals surface area contributed by atoms with Crippen LogP contribution in [0.1, 0.15) is 11.1 Å². The highest BCUT2D eigenvalue weighted by atomic mass is 35.5. The SMILES string of the molecule is O=C(CN1CCc2ccccc2C1)Nc1nc(-c2ccc(Cl)cc2)cs1. The molecule has 0 aliphatic carbocycles. The molecule has 1 aromatic heterocycles. The van der Waals surface area contributed by atoms with Gasteiger partial charge < -0.3 is 5.32 Å². The molecule has 1 N–H and O–H groups in total. The highest BCUT2D eigenvalue weighted by molar-refractivity contribution is 7.14. The lowest BCUT2D eigenvalue weighted by molar-refractivity contribution is -0.117. The first kappa shape index (κ1) is 17.2. The summed E-state index contributed by atoms with van der Waals surface area (Å²) in [6.45, 7) is 2.10. The summed E-state index contributed by atoms with van der Waals surface area (Å²) in [4.78, 5) is 19.1. The normalized spacial score (nSPS) is 14.0. The van der Waals surface area contributed by atoms with E-state index in [4.69, 9.17) is 11.6 Å². The average Bonchev–Trinajstić information content (AvgIpc) is 3.10. The van der Waals surface area contributed by atoms with Gasteiger partial charge in [0.05, 0.1) is 12.2 Å². The third-order valence-electron chi connectivity index (χ3n) is 4.47. The molecule has 1 aliphatic rings. The quantitative estimate of drug-likeness (QED) is 0.723. The van der Waals surface area contributed by atoms with E-state index in [1.807, 2.05) is 29.6 Å². The van der Waals surface area contributed by atoms with Crippen molar-refractivity contribution >= 4 is 34.0 Å². The number of carbonyl (C=O) groups is 1. The molecular formula is C20H18ClN3OS. The molecule has 0 spiro atoms. The number of nitrogens with one attached hydrogen (secondary N) is 1. The number of thiazole rings is 1. The molecule has 0 saturated carbocycles. The van der Waals surface area contributed by atoms with E-state index in [0.717, 1.165) is 30.8 Å². The van der Waals surface area contributed by atoms with Crippen LogP contribution >= 0.6 is 22.9 Å². The van der Waals surface area contributed by atoms with Crippen molar-refractivity contribution < 1.29 is 4.79 Å². The fraction of sp³-hybridized carbons (Fsp3) is 0.200. The van der Waals surface area contributed by atoms with Gasteiger partial charge in [-0.05, 0) is 29.7 Å². The van der Waals surface area contributed by atoms with E-state index in [9.17, 15) is 4.79 Å². The van der Waals surface area contributed by atoms with Gasteiger partial charge in [-0.25, -0.2) is 4.98 Å². The Morgan fingerprint density at radius 3 is 2.73 bits per heavy atom. The van der Waals surface area contributed by atoms with Gasteiger partial charge in [0.15, 0.2) is 5.13 Å². The number of carbonyl (C=O) groups excluding carboxylic acids is 1. The Balaban J connectivity index is 1.36. The zero-order chi connectivity index (χ0) is 17.9. The van der Waals surface area contributed by atoms with Crippen LogP contribution in [0.4, 0.5) is 5.13 Å². The van der Waals surface area contributed by atoms with E-state index in [2.05, 4.69) is 39.5 Å². The van der Waals surface area contributed by atoms with Gasteiger partial charge >= 0.3 is 0 Å². The van der Waals surface area contributed by atoms with Crippen molar-refractivity contribution in [3.63, 3.8) is 0 Å². The summed E-state index contributed by atoms with van der Waals surface area (Å²) in [5.74, 6) is -0.0265. The van der Waals surface area contributed by atoms with Crippen LogP contribution in [0.2, 0.25) is 5.02 Å². The Morgan fingerprint density at radius 2 is 1.92 bits per heavy atom. The lowest BCUT2D eigenvalue weighted by Crippen LogP contribution is -2.37. The summed E-state index contributed by atoms with van der Waals surface area (Å²) in [5.41, 5.74) is 4.52. The molecule has 6 heteroatoms. The van der Waals surface area contributed by atoms with Crippen molar-refractivity contribution in [2.75, 3.05) is 18.4 Å². The maximum absolute atomic E-state index is 12.4. The standard InChI is InChI=1S/C20H18ClN3OS/c21-17-7-5-15(6-8-17)18-13-26-20(22-18)23-19(25)12-24-10-9-14-3-1-2-4-16(14)11-24/h1-8,13H,9-12H2,(H,22,23,25). The Morgan fingerprint density at radius 1 is 1.15 bits per heavy atom. The van der Waals surface area contributed by atoms with Crippen molar-refractivity contribution in [1.82, 2.24) is 9.88 Å². The van der Waals surface area contributed by atoms with Gasteiger partial charge in [-0.3, -0.25) is 9.69 Å². The average molecular weight is 384 g/mol. The molecule has 0 bridgehead atoms. The van der Waals surface area contributed by atoms with E-state index < -0.39 is 0 Å². The van der Waals surface area contributed by atoms with Gasteiger partial charge in [0.25, 0.3) is 0 Å². The summed E-state index contributed by atoms with van der Waals surface area (Å²) in [6, 6.07) is 15.9. The molecule has 4 nitrogen and oxygen atoms in total. The number of rotatable bonds is 4. The Bertz CT molecular complexity index is 923. The minimum absolute atomic E-state index is 0.0265. The smallest absolute Gasteiger partial charge is 0.240 e. The minimum atomic E-state index is -0.0265. The lowest BCUT2D eigenvalue weighted by Gasteiger charge is -2.27. The molecular weight excluding hydrogens is 366 g/mol. The molecule has 3 aromatic rings. The maximum Gasteiger partial charge on any atom is 0.240 e. The van der Waals surface area contributed by atoms with Gasteiger partial charge in [0.1, 0.15) is 0 Å². The van der Waals surface area contributed by atoms with Gasteiger partial charge in [-0.1, -0.05) is 48.0 Å². The number of aromatic nitrogens is 1. The van der Waals surface area contributed by atoms with Crippen LogP contribution in [-0.2, 0) is 17.8 Å². The molecule has 0 fully saturated rings. The van der Waals surface area contributed by atoms with Crippen LogP contribution in [0, 0.1) is 0 Å². The van der Waals surface area contributed by atoms with Gasteiger partial charge in [-0.2, -0.15) is 0 Å². The molecule has 0 unspecified atom stereocenters. The van der Waals surface area contributed by atoms with Crippen LogP contribution in [0.15, 0.2) is 53.9 Å². The Hall–Kier alpha value is -2.21. The highest BCUT2D eigenvalue weighted by Gasteiger charge is 2.18. The predicted octanol–water partition coefficient (Wildman–Crippen LogP) is 4.46. The maximum atomic E-state index is 12.4. The molecule has 0 saturated heterocycles. The molecule has 2 aromatic carbocycles. The summed E-state index contributed by atoms with van der Waals surface area (Å²) in [6.07, 6.45) is 0.988. The van der Waals surface area contributed by atoms with E-state index in [1.54, 1.807) is 0 Å². The second-order valence-corrected chi connectivity index (χ2v) is 7.62. The number of hydrogen-bond acceptors (Lipinski definition) is 4. The van der Waals surface area contributed by atoms with Gasteiger partial charge in [-0.15, -0.1) is 11.3 Å². The predicted molar refractivity (Wildman–Crippen MR) is 107 cm³/mol. The second-order valence-electron chi connectivity index (χ2n) is 6.32. The number of halogens is 1. The number of benzene rings is 2. The van der Waals surface area contributed by atoms with Crippen molar-refractivity contribution in [1.29, 1.82) is 0 Å². The lowest BCUT2D eigenvalue weighted by atomic mass is 10.00. The molecule has 2 heterocycles. The largest absolute Gasteiger partial charge is 0.301 e. The van der Waals surface area contributed by atoms with Crippen LogP contribution in [0.3, 0.4) is 0 Å². The first-order valence-electron chi connectivity index (χ1n) is 8.48. The monoisotopic (exact) mass is 383 g/mol. The van der Waals surface area contributed by atoms with E-state index in [0.29, 0.717) is 16.7 Å². The topological polar surface area (TPSA) is 45.2 Å². The first-order valence-corrected chi connectivity index (χ1v) is 9.73. The van der Waals surface area contributed by atoms with Gasteiger partial charge in [0, 0.05) is 29.1 Å². The minimum Gasteiger partial charge on any atom is -0.301 e. The summed E-state index contributed by atoms with van der Waals surface area (Å²) >= 11 is 7.35. The third-order valence-corrected chi connectivity index (χ3v) is 5.48. The van der Waals surface area contributed by atoms with Crippen molar-refractivity contribution in [2.45, 2.75) is 13.0 Å². The fourth-order valence-electron chi connectivity index (χ4n) is 3.14. The number of amides is 1. The van der Waals surface area contributed by atoms with E-state index in [-0.39, 0.29) is 5.91 Å². The molecule has 1 aliphatic heterocycles. The van der Waals surface area contributed by atoms with E-state index >= 15 is 0 Å². The third kappa shape index (κ3) is 3.96. The summed E-state index contributed by atoms with van der Waals surface area (Å²) in [7, 11) is 0. The van der Waals surface area contributed by atoms with Crippen LogP contribution < -0.4 is 5.32 Å².